The fourth-order valence-corrected chi connectivity index (χ4v) is 2.48. The summed E-state index contributed by atoms with van der Waals surface area (Å²) >= 11 is 1.20. The van der Waals surface area contributed by atoms with E-state index in [4.69, 9.17) is 5.11 Å². The van der Waals surface area contributed by atoms with Crippen LogP contribution >= 0.6 is 11.8 Å². The number of carbonyl (C=O) groups is 3. The number of likely N-dealkylation sites (tertiary alicyclic amines) is 1. The summed E-state index contributed by atoms with van der Waals surface area (Å²) in [7, 11) is 0. The van der Waals surface area contributed by atoms with Gasteiger partial charge in [0.25, 0.3) is 0 Å². The molecule has 6 nitrogen and oxygen atoms in total. The number of aliphatic carboxylic acids is 1. The van der Waals surface area contributed by atoms with Crippen molar-refractivity contribution < 1.29 is 25.0 Å². The third-order valence-corrected chi connectivity index (χ3v) is 3.60. The van der Waals surface area contributed by atoms with Crippen LogP contribution in [0.5, 0.6) is 0 Å². The van der Waals surface area contributed by atoms with E-state index < -0.39 is 12.0 Å². The Hall–Kier alpha value is -1.08. The molecule has 0 aromatic carbocycles. The van der Waals surface area contributed by atoms with Gasteiger partial charge in [-0.1, -0.05) is 11.8 Å². The highest BCUT2D eigenvalue weighted by Gasteiger charge is 2.33. The Morgan fingerprint density at radius 3 is 2.61 bits per heavy atom. The molecule has 3 N–H and O–H groups in total. The third kappa shape index (κ3) is 5.05. The number of rotatable bonds is 5. The molecule has 0 spiro atoms. The van der Waals surface area contributed by atoms with Gasteiger partial charge in [-0.15, -0.1) is 0 Å². The van der Waals surface area contributed by atoms with E-state index in [2.05, 4.69) is 0 Å². The van der Waals surface area contributed by atoms with Gasteiger partial charge in [-0.2, -0.15) is 0 Å². The minimum absolute atomic E-state index is 0. The highest BCUT2D eigenvalue weighted by molar-refractivity contribution is 8.13. The standard InChI is InChI=1S/C11H17NO4S.H2O/c1-8(13)17-7-3-5-10(14)12-6-2-4-9(12)11(15)16;/h9H,2-7H2,1H3,(H,15,16);1H2/t9-;/m0./s1. The normalized spacial score (nSPS) is 18.3. The van der Waals surface area contributed by atoms with E-state index in [1.165, 1.54) is 23.6 Å². The average Bonchev–Trinajstić information content (AvgIpc) is 2.72. The van der Waals surface area contributed by atoms with Crippen LogP contribution in [0.15, 0.2) is 0 Å². The molecule has 0 bridgehead atoms. The quantitative estimate of drug-likeness (QED) is 0.727. The van der Waals surface area contributed by atoms with Gasteiger partial charge in [0.15, 0.2) is 5.12 Å². The summed E-state index contributed by atoms with van der Waals surface area (Å²) < 4.78 is 0. The Labute approximate surface area is 110 Å². The van der Waals surface area contributed by atoms with Crippen molar-refractivity contribution in [1.82, 2.24) is 4.90 Å². The Bertz CT molecular complexity index is 321. The molecular formula is C11H19NO5S. The Balaban J connectivity index is 0.00000289. The van der Waals surface area contributed by atoms with Gasteiger partial charge >= 0.3 is 5.97 Å². The van der Waals surface area contributed by atoms with Crippen LogP contribution in [0.2, 0.25) is 0 Å². The van der Waals surface area contributed by atoms with E-state index in [-0.39, 0.29) is 16.5 Å². The van der Waals surface area contributed by atoms with Gasteiger partial charge in [-0.3, -0.25) is 9.59 Å². The van der Waals surface area contributed by atoms with Crippen molar-refractivity contribution in [2.75, 3.05) is 12.3 Å². The maximum Gasteiger partial charge on any atom is 0.326 e. The predicted molar refractivity (Wildman–Crippen MR) is 68.4 cm³/mol. The highest BCUT2D eigenvalue weighted by atomic mass is 32.2. The summed E-state index contributed by atoms with van der Waals surface area (Å²) in [6.07, 6.45) is 2.24. The number of amides is 1. The first kappa shape index (κ1) is 16.9. The molecule has 1 aliphatic heterocycles. The largest absolute Gasteiger partial charge is 0.480 e. The number of carboxylic acids is 1. The van der Waals surface area contributed by atoms with Gasteiger partial charge in [0, 0.05) is 25.6 Å². The molecule has 7 heteroatoms. The van der Waals surface area contributed by atoms with E-state index in [0.29, 0.717) is 31.6 Å². The summed E-state index contributed by atoms with van der Waals surface area (Å²) in [6, 6.07) is -0.650. The van der Waals surface area contributed by atoms with Gasteiger partial charge in [-0.25, -0.2) is 4.79 Å². The zero-order valence-corrected chi connectivity index (χ0v) is 11.2. The zero-order chi connectivity index (χ0) is 12.8. The van der Waals surface area contributed by atoms with Gasteiger partial charge in [-0.05, 0) is 19.3 Å². The first-order valence-electron chi connectivity index (χ1n) is 5.68. The van der Waals surface area contributed by atoms with Crippen LogP contribution in [-0.2, 0) is 14.4 Å². The number of hydrogen-bond donors (Lipinski definition) is 1. The number of carboxylic acid groups (broad SMARTS) is 1. The van der Waals surface area contributed by atoms with Crippen LogP contribution in [0, 0.1) is 0 Å². The maximum atomic E-state index is 11.8. The molecule has 1 amide bonds. The van der Waals surface area contributed by atoms with Crippen molar-refractivity contribution >= 4 is 28.8 Å². The van der Waals surface area contributed by atoms with Crippen molar-refractivity contribution in [2.24, 2.45) is 0 Å². The SMILES string of the molecule is CC(=O)SCCCC(=O)N1CCC[C@H]1C(=O)O.O. The molecule has 1 heterocycles. The highest BCUT2D eigenvalue weighted by Crippen LogP contribution is 2.19. The molecule has 18 heavy (non-hydrogen) atoms. The molecule has 0 radical (unpaired) electrons. The molecule has 1 atom stereocenters. The second-order valence-corrected chi connectivity index (χ2v) is 5.30. The molecular weight excluding hydrogens is 258 g/mol. The van der Waals surface area contributed by atoms with Crippen molar-refractivity contribution in [3.63, 3.8) is 0 Å². The van der Waals surface area contributed by atoms with Crippen LogP contribution in [0.3, 0.4) is 0 Å². The Morgan fingerprint density at radius 1 is 1.39 bits per heavy atom. The molecule has 0 saturated carbocycles. The number of carbonyl (C=O) groups excluding carboxylic acids is 2. The van der Waals surface area contributed by atoms with Crippen LogP contribution in [0.1, 0.15) is 32.6 Å². The zero-order valence-electron chi connectivity index (χ0n) is 10.3. The fourth-order valence-electron chi connectivity index (χ4n) is 1.90. The molecule has 0 aromatic heterocycles. The monoisotopic (exact) mass is 277 g/mol. The molecule has 0 aromatic rings. The maximum absolute atomic E-state index is 11.8. The Morgan fingerprint density at radius 2 is 2.06 bits per heavy atom. The van der Waals surface area contributed by atoms with Crippen molar-refractivity contribution in [3.8, 4) is 0 Å². The second-order valence-electron chi connectivity index (χ2n) is 4.03. The average molecular weight is 277 g/mol. The van der Waals surface area contributed by atoms with E-state index in [1.807, 2.05) is 0 Å². The molecule has 1 rings (SSSR count). The molecule has 1 fully saturated rings. The smallest absolute Gasteiger partial charge is 0.326 e. The van der Waals surface area contributed by atoms with Gasteiger partial charge in [0.2, 0.25) is 5.91 Å². The lowest BCUT2D eigenvalue weighted by molar-refractivity contribution is -0.148. The molecule has 0 unspecified atom stereocenters. The minimum atomic E-state index is -0.922. The molecule has 1 aliphatic rings. The summed E-state index contributed by atoms with van der Waals surface area (Å²) in [5.74, 6) is -0.417. The van der Waals surface area contributed by atoms with Gasteiger partial charge < -0.3 is 15.5 Å². The molecule has 0 aliphatic carbocycles. The van der Waals surface area contributed by atoms with E-state index >= 15 is 0 Å². The van der Waals surface area contributed by atoms with Gasteiger partial charge in [0.1, 0.15) is 6.04 Å². The van der Waals surface area contributed by atoms with E-state index in [0.717, 1.165) is 6.42 Å². The summed E-state index contributed by atoms with van der Waals surface area (Å²) in [4.78, 5) is 34.8. The van der Waals surface area contributed by atoms with Crippen LogP contribution in [-0.4, -0.2) is 50.8 Å². The Kier molecular flexibility index (Phi) is 7.61. The minimum Gasteiger partial charge on any atom is -0.480 e. The lowest BCUT2D eigenvalue weighted by Gasteiger charge is -2.21. The number of hydrogen-bond acceptors (Lipinski definition) is 4. The summed E-state index contributed by atoms with van der Waals surface area (Å²) in [6.45, 7) is 2.03. The van der Waals surface area contributed by atoms with Crippen molar-refractivity contribution in [1.29, 1.82) is 0 Å². The van der Waals surface area contributed by atoms with Crippen LogP contribution in [0.4, 0.5) is 0 Å². The lowest BCUT2D eigenvalue weighted by Crippen LogP contribution is -2.40. The van der Waals surface area contributed by atoms with E-state index in [9.17, 15) is 14.4 Å². The third-order valence-electron chi connectivity index (χ3n) is 2.70. The first-order chi connectivity index (χ1) is 8.02. The van der Waals surface area contributed by atoms with Crippen molar-refractivity contribution in [3.05, 3.63) is 0 Å². The predicted octanol–water partition coefficient (Wildman–Crippen LogP) is 0.297. The van der Waals surface area contributed by atoms with E-state index in [1.54, 1.807) is 0 Å². The lowest BCUT2D eigenvalue weighted by atomic mass is 10.2. The second kappa shape index (κ2) is 8.10. The molecule has 1 saturated heterocycles. The molecule has 104 valence electrons. The topological polar surface area (TPSA) is 106 Å². The van der Waals surface area contributed by atoms with Crippen molar-refractivity contribution in [2.45, 2.75) is 38.6 Å². The number of thioether (sulfide) groups is 1. The fraction of sp³-hybridized carbons (Fsp3) is 0.727. The van der Waals surface area contributed by atoms with Crippen LogP contribution < -0.4 is 0 Å². The van der Waals surface area contributed by atoms with Gasteiger partial charge in [0.05, 0.1) is 0 Å². The number of nitrogens with zero attached hydrogens (tertiary/aromatic N) is 1. The first-order valence-corrected chi connectivity index (χ1v) is 6.66. The summed E-state index contributed by atoms with van der Waals surface area (Å²) in [5, 5.41) is 8.98. The van der Waals surface area contributed by atoms with Crippen LogP contribution in [0.25, 0.3) is 0 Å². The summed E-state index contributed by atoms with van der Waals surface area (Å²) in [5.41, 5.74) is 0.